The largest absolute Gasteiger partial charge is 0.170 e. The van der Waals surface area contributed by atoms with Crippen LogP contribution in [0.3, 0.4) is 0 Å². The Kier molecular flexibility index (Phi) is 3.57. The maximum atomic E-state index is 5.56. The van der Waals surface area contributed by atoms with Crippen LogP contribution in [0.15, 0.2) is 36.6 Å². The van der Waals surface area contributed by atoms with Crippen molar-refractivity contribution in [3.8, 4) is 0 Å². The summed E-state index contributed by atoms with van der Waals surface area (Å²) in [6, 6.07) is 0. The fourth-order valence-corrected chi connectivity index (χ4v) is 1.06. The van der Waals surface area contributed by atoms with Crippen molar-refractivity contribution in [3.63, 3.8) is 0 Å². The summed E-state index contributed by atoms with van der Waals surface area (Å²) in [5, 5.41) is 0.974. The van der Waals surface area contributed by atoms with Crippen molar-refractivity contribution in [2.24, 2.45) is 0 Å². The van der Waals surface area contributed by atoms with Crippen LogP contribution in [0, 0.1) is 0 Å². The van der Waals surface area contributed by atoms with Gasteiger partial charge < -0.3 is 0 Å². The van der Waals surface area contributed by atoms with Crippen LogP contribution in [-0.4, -0.2) is 8.83 Å². The molecule has 0 aliphatic heterocycles. The molecule has 0 aliphatic rings. The first-order valence-electron chi connectivity index (χ1n) is 2.27. The monoisotopic (exact) mass is 144 g/mol. The van der Waals surface area contributed by atoms with E-state index in [-0.39, 0.29) is 0 Å². The Morgan fingerprint density at radius 2 is 2.00 bits per heavy atom. The molecular weight excluding hydrogens is 136 g/mol. The Hall–Kier alpha value is -0.273. The highest BCUT2D eigenvalue weighted by Crippen LogP contribution is 2.04. The van der Waals surface area contributed by atoms with Crippen molar-refractivity contribution >= 4 is 19.9 Å². The molecular formula is C6H9ClSi. The molecule has 0 heterocycles. The van der Waals surface area contributed by atoms with E-state index in [1.807, 2.05) is 0 Å². The Bertz CT molecular complexity index is 126. The fraction of sp³-hybridized carbons (Fsp3) is 0. The van der Waals surface area contributed by atoms with Gasteiger partial charge in [0.1, 0.15) is 0 Å². The van der Waals surface area contributed by atoms with Gasteiger partial charge in [0.25, 0.3) is 0 Å². The molecule has 0 unspecified atom stereocenters. The van der Waals surface area contributed by atoms with Crippen LogP contribution in [-0.2, 0) is 0 Å². The predicted octanol–water partition coefficient (Wildman–Crippen LogP) is 1.56. The summed E-state index contributed by atoms with van der Waals surface area (Å²) < 4.78 is 0. The van der Waals surface area contributed by atoms with Crippen LogP contribution in [0.5, 0.6) is 0 Å². The summed E-state index contributed by atoms with van der Waals surface area (Å²) in [6.07, 6.45) is 1.68. The lowest BCUT2D eigenvalue weighted by Gasteiger charge is -1.95. The third-order valence-electron chi connectivity index (χ3n) is 0.862. The molecule has 0 radical (unpaired) electrons. The molecule has 0 N–H and O–H groups in total. The van der Waals surface area contributed by atoms with Gasteiger partial charge in [-0.25, -0.2) is 0 Å². The van der Waals surface area contributed by atoms with Crippen molar-refractivity contribution in [2.75, 3.05) is 0 Å². The third kappa shape index (κ3) is 2.14. The quantitative estimate of drug-likeness (QED) is 0.321. The smallest absolute Gasteiger partial charge is 0.155 e. The highest BCUT2D eigenvalue weighted by Gasteiger charge is 1.90. The van der Waals surface area contributed by atoms with Crippen molar-refractivity contribution in [2.45, 2.75) is 0 Å². The Labute approximate surface area is 57.1 Å². The van der Waals surface area contributed by atoms with E-state index in [9.17, 15) is 0 Å². The highest BCUT2D eigenvalue weighted by molar-refractivity contribution is 6.98. The molecule has 2 heteroatoms. The maximum Gasteiger partial charge on any atom is 0.155 e. The fourth-order valence-electron chi connectivity index (χ4n) is 0.230. The van der Waals surface area contributed by atoms with Gasteiger partial charge in [0.15, 0.2) is 8.83 Å². The van der Waals surface area contributed by atoms with Crippen LogP contribution < -0.4 is 0 Å². The predicted molar refractivity (Wildman–Crippen MR) is 42.9 cm³/mol. The molecule has 0 aliphatic carbocycles. The van der Waals surface area contributed by atoms with Gasteiger partial charge in [-0.2, -0.15) is 11.1 Å². The van der Waals surface area contributed by atoms with Crippen molar-refractivity contribution in [1.29, 1.82) is 0 Å². The topological polar surface area (TPSA) is 0 Å². The zero-order valence-corrected chi connectivity index (χ0v) is 6.95. The average Bonchev–Trinajstić information content (AvgIpc) is 1.84. The molecule has 0 atom stereocenters. The van der Waals surface area contributed by atoms with Gasteiger partial charge in [-0.05, 0) is 10.8 Å². The lowest BCUT2D eigenvalue weighted by molar-refractivity contribution is 1.74. The van der Waals surface area contributed by atoms with Gasteiger partial charge in [-0.3, -0.25) is 0 Å². The second kappa shape index (κ2) is 3.70. The SMILES string of the molecule is C=CC(=C)C(=C)[SiH2]Cl. The number of hydrogen-bond donors (Lipinski definition) is 0. The first-order valence-corrected chi connectivity index (χ1v) is 5.12. The molecule has 0 aromatic carbocycles. The molecule has 0 saturated heterocycles. The van der Waals surface area contributed by atoms with Crippen molar-refractivity contribution < 1.29 is 0 Å². The summed E-state index contributed by atoms with van der Waals surface area (Å²) in [5.74, 6) is 0. The molecule has 44 valence electrons. The summed E-state index contributed by atoms with van der Waals surface area (Å²) in [4.78, 5) is 0. The molecule has 0 aromatic heterocycles. The Balaban J connectivity index is 3.82. The van der Waals surface area contributed by atoms with Gasteiger partial charge in [-0.15, -0.1) is 0 Å². The molecule has 8 heavy (non-hydrogen) atoms. The Morgan fingerprint density at radius 1 is 1.50 bits per heavy atom. The summed E-state index contributed by atoms with van der Waals surface area (Å²) in [5.41, 5.74) is 0.881. The maximum absolute atomic E-state index is 5.56. The Morgan fingerprint density at radius 3 is 2.12 bits per heavy atom. The van der Waals surface area contributed by atoms with Crippen LogP contribution in [0.4, 0.5) is 0 Å². The van der Waals surface area contributed by atoms with E-state index in [0.29, 0.717) is 0 Å². The second-order valence-corrected chi connectivity index (χ2v) is 3.39. The molecule has 0 rings (SSSR count). The van der Waals surface area contributed by atoms with Gasteiger partial charge in [0.05, 0.1) is 0 Å². The number of hydrogen-bond acceptors (Lipinski definition) is 0. The molecule has 0 nitrogen and oxygen atoms in total. The molecule has 0 amide bonds. The molecule has 0 saturated carbocycles. The van der Waals surface area contributed by atoms with Gasteiger partial charge in [0.2, 0.25) is 0 Å². The lowest BCUT2D eigenvalue weighted by Crippen LogP contribution is -1.85. The zero-order valence-electron chi connectivity index (χ0n) is 4.78. The van der Waals surface area contributed by atoms with Crippen LogP contribution >= 0.6 is 11.1 Å². The number of halogens is 1. The third-order valence-corrected chi connectivity index (χ3v) is 2.61. The van der Waals surface area contributed by atoms with E-state index < -0.39 is 8.83 Å². The first kappa shape index (κ1) is 7.73. The van der Waals surface area contributed by atoms with E-state index >= 15 is 0 Å². The number of rotatable bonds is 3. The minimum absolute atomic E-state index is 0.613. The standard InChI is InChI=1S/C6H9ClSi/c1-4-5(2)6(3)8-7/h4H,1-3,8H2. The molecule has 0 aromatic rings. The van der Waals surface area contributed by atoms with Crippen molar-refractivity contribution in [1.82, 2.24) is 0 Å². The minimum Gasteiger partial charge on any atom is -0.170 e. The average molecular weight is 145 g/mol. The van der Waals surface area contributed by atoms with E-state index in [1.165, 1.54) is 0 Å². The van der Waals surface area contributed by atoms with Crippen LogP contribution in [0.2, 0.25) is 0 Å². The van der Waals surface area contributed by atoms with Crippen molar-refractivity contribution in [3.05, 3.63) is 36.6 Å². The zero-order chi connectivity index (χ0) is 6.57. The van der Waals surface area contributed by atoms with Gasteiger partial charge in [0, 0.05) is 0 Å². The van der Waals surface area contributed by atoms with E-state index in [4.69, 9.17) is 11.1 Å². The highest BCUT2D eigenvalue weighted by atomic mass is 35.6. The number of allylic oxidation sites excluding steroid dienone is 3. The van der Waals surface area contributed by atoms with E-state index in [1.54, 1.807) is 6.08 Å². The second-order valence-electron chi connectivity index (χ2n) is 1.47. The summed E-state index contributed by atoms with van der Waals surface area (Å²) in [6.45, 7) is 10.9. The van der Waals surface area contributed by atoms with E-state index in [0.717, 1.165) is 10.8 Å². The first-order chi connectivity index (χ1) is 3.72. The van der Waals surface area contributed by atoms with Gasteiger partial charge >= 0.3 is 0 Å². The summed E-state index contributed by atoms with van der Waals surface area (Å²) in [7, 11) is -0.613. The van der Waals surface area contributed by atoms with E-state index in [2.05, 4.69) is 19.7 Å². The summed E-state index contributed by atoms with van der Waals surface area (Å²) >= 11 is 5.56. The molecule has 0 spiro atoms. The van der Waals surface area contributed by atoms with Gasteiger partial charge in [-0.1, -0.05) is 25.8 Å². The molecule has 0 fully saturated rings. The minimum atomic E-state index is -0.613. The lowest BCUT2D eigenvalue weighted by atomic mass is 10.3. The molecule has 0 bridgehead atoms. The normalized spacial score (nSPS) is 9.62. The van der Waals surface area contributed by atoms with Crippen LogP contribution in [0.1, 0.15) is 0 Å². The van der Waals surface area contributed by atoms with Crippen LogP contribution in [0.25, 0.3) is 0 Å².